The summed E-state index contributed by atoms with van der Waals surface area (Å²) in [5.74, 6) is 1.04. The number of nitrogens with zero attached hydrogens (tertiary/aromatic N) is 1. The number of nitrogen functional groups attached to an aromatic ring is 1. The highest BCUT2D eigenvalue weighted by Gasteiger charge is 2.24. The molecule has 1 amide bonds. The highest BCUT2D eigenvalue weighted by atomic mass is 32.1. The van der Waals surface area contributed by atoms with Gasteiger partial charge in [-0.2, -0.15) is 4.37 Å². The molecule has 0 radical (unpaired) electrons. The maximum atomic E-state index is 12.2. The minimum absolute atomic E-state index is 0.0876. The maximum absolute atomic E-state index is 12.2. The van der Waals surface area contributed by atoms with Crippen molar-refractivity contribution in [3.63, 3.8) is 0 Å². The Hall–Kier alpha value is -1.30. The first-order valence-corrected chi connectivity index (χ1v) is 8.61. The van der Waals surface area contributed by atoms with E-state index in [1.807, 2.05) is 13.8 Å². The van der Waals surface area contributed by atoms with E-state index < -0.39 is 0 Å². The first-order valence-electron chi connectivity index (χ1n) is 7.83. The summed E-state index contributed by atoms with van der Waals surface area (Å²) in [5, 5.41) is 7.18. The molecule has 118 valence electrons. The lowest BCUT2D eigenvalue weighted by Crippen LogP contribution is -2.32. The number of nitrogens with two attached hydrogens (primary N) is 1. The zero-order chi connectivity index (χ0) is 15.4. The molecule has 1 aliphatic rings. The van der Waals surface area contributed by atoms with Crippen molar-refractivity contribution in [3.05, 3.63) is 5.56 Å². The van der Waals surface area contributed by atoms with Gasteiger partial charge in [0.2, 0.25) is 0 Å². The molecule has 0 spiro atoms. The Bertz CT molecular complexity index is 478. The number of carbonyl (C=O) groups excluding carboxylic acids is 1. The third kappa shape index (κ3) is 4.09. The van der Waals surface area contributed by atoms with Crippen molar-refractivity contribution in [2.45, 2.75) is 65.0 Å². The fourth-order valence-corrected chi connectivity index (χ4v) is 3.64. The summed E-state index contributed by atoms with van der Waals surface area (Å²) < 4.78 is 4.14. The second-order valence-electron chi connectivity index (χ2n) is 6.17. The van der Waals surface area contributed by atoms with Crippen LogP contribution in [0.5, 0.6) is 0 Å². The number of hydrogen-bond acceptors (Lipinski definition) is 5. The summed E-state index contributed by atoms with van der Waals surface area (Å²) >= 11 is 1.28. The van der Waals surface area contributed by atoms with Crippen molar-refractivity contribution in [2.75, 3.05) is 11.1 Å². The SMILES string of the molecule is CCC1CCC(Nc2snc(N)c2C(=O)NC(C)C)CC1. The van der Waals surface area contributed by atoms with Crippen LogP contribution in [0.1, 0.15) is 63.2 Å². The zero-order valence-electron chi connectivity index (χ0n) is 13.1. The van der Waals surface area contributed by atoms with Gasteiger partial charge in [0.15, 0.2) is 5.82 Å². The van der Waals surface area contributed by atoms with Crippen LogP contribution in [0.2, 0.25) is 0 Å². The van der Waals surface area contributed by atoms with Gasteiger partial charge in [0.05, 0.1) is 0 Å². The van der Waals surface area contributed by atoms with Gasteiger partial charge in [0.25, 0.3) is 5.91 Å². The Labute approximate surface area is 130 Å². The normalized spacial score (nSPS) is 22.3. The van der Waals surface area contributed by atoms with Crippen LogP contribution in [0.3, 0.4) is 0 Å². The number of carbonyl (C=O) groups is 1. The Morgan fingerprint density at radius 2 is 2.05 bits per heavy atom. The molecule has 21 heavy (non-hydrogen) atoms. The van der Waals surface area contributed by atoms with E-state index in [9.17, 15) is 4.79 Å². The zero-order valence-corrected chi connectivity index (χ0v) is 13.9. The van der Waals surface area contributed by atoms with Gasteiger partial charge in [-0.3, -0.25) is 4.79 Å². The first kappa shape index (κ1) is 16.1. The molecule has 0 aliphatic heterocycles. The van der Waals surface area contributed by atoms with Crippen LogP contribution in [0, 0.1) is 5.92 Å². The van der Waals surface area contributed by atoms with Crippen molar-refractivity contribution >= 4 is 28.3 Å². The molecular formula is C15H26N4OS. The molecule has 0 saturated heterocycles. The fourth-order valence-electron chi connectivity index (χ4n) is 2.86. The molecule has 0 bridgehead atoms. The summed E-state index contributed by atoms with van der Waals surface area (Å²) in [4.78, 5) is 12.2. The van der Waals surface area contributed by atoms with Gasteiger partial charge in [-0.1, -0.05) is 13.3 Å². The number of nitrogens with one attached hydrogen (secondary N) is 2. The summed E-state index contributed by atoms with van der Waals surface area (Å²) in [6, 6.07) is 0.517. The average molecular weight is 310 g/mol. The smallest absolute Gasteiger partial charge is 0.258 e. The van der Waals surface area contributed by atoms with Gasteiger partial charge < -0.3 is 16.4 Å². The van der Waals surface area contributed by atoms with Crippen molar-refractivity contribution in [1.29, 1.82) is 0 Å². The van der Waals surface area contributed by atoms with Crippen LogP contribution >= 0.6 is 11.5 Å². The standard InChI is InChI=1S/C15H26N4OS/c1-4-10-5-7-11(8-6-10)18-15-12(13(16)19-21-15)14(20)17-9(2)3/h9-11,18H,4-8H2,1-3H3,(H2,16,19)(H,17,20). The van der Waals surface area contributed by atoms with Crippen molar-refractivity contribution < 1.29 is 4.79 Å². The lowest BCUT2D eigenvalue weighted by molar-refractivity contribution is 0.0945. The minimum Gasteiger partial charge on any atom is -0.382 e. The van der Waals surface area contributed by atoms with Crippen LogP contribution in [0.15, 0.2) is 0 Å². The van der Waals surface area contributed by atoms with Gasteiger partial charge >= 0.3 is 0 Å². The predicted octanol–water partition coefficient (Wildman–Crippen LogP) is 3.24. The van der Waals surface area contributed by atoms with E-state index >= 15 is 0 Å². The number of anilines is 2. The van der Waals surface area contributed by atoms with Crippen LogP contribution < -0.4 is 16.4 Å². The monoisotopic (exact) mass is 310 g/mol. The molecule has 6 heteroatoms. The predicted molar refractivity (Wildman–Crippen MR) is 88.8 cm³/mol. The van der Waals surface area contributed by atoms with E-state index in [0.29, 0.717) is 17.4 Å². The minimum atomic E-state index is -0.138. The fraction of sp³-hybridized carbons (Fsp3) is 0.733. The molecule has 1 saturated carbocycles. The Morgan fingerprint density at radius 1 is 1.38 bits per heavy atom. The van der Waals surface area contributed by atoms with E-state index in [-0.39, 0.29) is 11.9 Å². The van der Waals surface area contributed by atoms with Crippen molar-refractivity contribution in [3.8, 4) is 0 Å². The van der Waals surface area contributed by atoms with E-state index in [1.165, 1.54) is 30.8 Å². The van der Waals surface area contributed by atoms with Crippen LogP contribution in [0.4, 0.5) is 10.8 Å². The third-order valence-corrected chi connectivity index (χ3v) is 4.92. The second-order valence-corrected chi connectivity index (χ2v) is 6.94. The van der Waals surface area contributed by atoms with Crippen LogP contribution in [-0.2, 0) is 0 Å². The average Bonchev–Trinajstić information content (AvgIpc) is 2.80. The van der Waals surface area contributed by atoms with Gasteiger partial charge in [0.1, 0.15) is 10.6 Å². The number of hydrogen-bond donors (Lipinski definition) is 3. The van der Waals surface area contributed by atoms with Gasteiger partial charge in [0, 0.05) is 12.1 Å². The lowest BCUT2D eigenvalue weighted by Gasteiger charge is -2.28. The summed E-state index contributed by atoms with van der Waals surface area (Å²) in [7, 11) is 0. The largest absolute Gasteiger partial charge is 0.382 e. The number of amides is 1. The quantitative estimate of drug-likeness (QED) is 0.780. The van der Waals surface area contributed by atoms with Crippen LogP contribution in [-0.4, -0.2) is 22.4 Å². The molecule has 1 aliphatic carbocycles. The topological polar surface area (TPSA) is 80.0 Å². The number of aromatic nitrogens is 1. The molecule has 1 aromatic rings. The third-order valence-electron chi connectivity index (χ3n) is 4.12. The Morgan fingerprint density at radius 3 is 2.62 bits per heavy atom. The molecule has 1 aromatic heterocycles. The summed E-state index contributed by atoms with van der Waals surface area (Å²) in [6.45, 7) is 6.14. The molecule has 2 rings (SSSR count). The highest BCUT2D eigenvalue weighted by Crippen LogP contribution is 2.32. The van der Waals surface area contributed by atoms with E-state index in [0.717, 1.165) is 23.8 Å². The van der Waals surface area contributed by atoms with Gasteiger partial charge in [-0.15, -0.1) is 0 Å². The lowest BCUT2D eigenvalue weighted by atomic mass is 9.84. The molecule has 0 aromatic carbocycles. The molecule has 0 unspecified atom stereocenters. The summed E-state index contributed by atoms with van der Waals surface area (Å²) in [6.07, 6.45) is 6.09. The molecule has 0 atom stereocenters. The first-order chi connectivity index (χ1) is 10.0. The van der Waals surface area contributed by atoms with Gasteiger partial charge in [-0.25, -0.2) is 0 Å². The van der Waals surface area contributed by atoms with Crippen molar-refractivity contribution in [1.82, 2.24) is 9.69 Å². The maximum Gasteiger partial charge on any atom is 0.258 e. The molecule has 1 fully saturated rings. The van der Waals surface area contributed by atoms with Crippen molar-refractivity contribution in [2.24, 2.45) is 5.92 Å². The van der Waals surface area contributed by atoms with Gasteiger partial charge in [-0.05, 0) is 57.0 Å². The molecule has 5 nitrogen and oxygen atoms in total. The Balaban J connectivity index is 2.02. The highest BCUT2D eigenvalue weighted by molar-refractivity contribution is 7.11. The Kier molecular flexibility index (Phi) is 5.45. The summed E-state index contributed by atoms with van der Waals surface area (Å²) in [5.41, 5.74) is 6.37. The van der Waals surface area contributed by atoms with Crippen LogP contribution in [0.25, 0.3) is 0 Å². The molecular weight excluding hydrogens is 284 g/mol. The molecule has 4 N–H and O–H groups in total. The van der Waals surface area contributed by atoms with E-state index in [4.69, 9.17) is 5.73 Å². The van der Waals surface area contributed by atoms with E-state index in [1.54, 1.807) is 0 Å². The number of rotatable bonds is 5. The second kappa shape index (κ2) is 7.11. The van der Waals surface area contributed by atoms with E-state index in [2.05, 4.69) is 21.9 Å². The molecule has 1 heterocycles.